The highest BCUT2D eigenvalue weighted by Crippen LogP contribution is 2.20. The van der Waals surface area contributed by atoms with Crippen LogP contribution in [0.5, 0.6) is 0 Å². The van der Waals surface area contributed by atoms with Crippen molar-refractivity contribution in [2.75, 3.05) is 18.8 Å². The number of aliphatic hydroxyl groups is 1. The summed E-state index contributed by atoms with van der Waals surface area (Å²) in [5.41, 5.74) is 7.82. The number of likely N-dealkylation sites (tertiary alicyclic amines) is 1. The molecule has 88 valence electrons. The van der Waals surface area contributed by atoms with E-state index < -0.39 is 0 Å². The first-order valence-electron chi connectivity index (χ1n) is 5.59. The van der Waals surface area contributed by atoms with Crippen molar-refractivity contribution in [2.45, 2.75) is 25.5 Å². The molecule has 0 spiro atoms. The maximum absolute atomic E-state index is 9.43. The minimum Gasteiger partial charge on any atom is -0.399 e. The van der Waals surface area contributed by atoms with Crippen molar-refractivity contribution in [1.82, 2.24) is 4.90 Å². The van der Waals surface area contributed by atoms with Crippen LogP contribution < -0.4 is 5.73 Å². The molecular formula is C12H17BrN2O. The number of piperidine rings is 1. The van der Waals surface area contributed by atoms with Gasteiger partial charge < -0.3 is 10.8 Å². The van der Waals surface area contributed by atoms with E-state index in [2.05, 4.69) is 26.9 Å². The van der Waals surface area contributed by atoms with Crippen molar-refractivity contribution in [1.29, 1.82) is 0 Å². The zero-order chi connectivity index (χ0) is 11.5. The molecule has 0 saturated carbocycles. The number of hydrogen-bond acceptors (Lipinski definition) is 3. The van der Waals surface area contributed by atoms with Crippen molar-refractivity contribution < 1.29 is 5.11 Å². The van der Waals surface area contributed by atoms with E-state index in [-0.39, 0.29) is 6.10 Å². The second-order valence-electron chi connectivity index (χ2n) is 4.40. The van der Waals surface area contributed by atoms with E-state index in [1.54, 1.807) is 0 Å². The maximum atomic E-state index is 9.43. The summed E-state index contributed by atoms with van der Waals surface area (Å²) in [5.74, 6) is 0. The highest BCUT2D eigenvalue weighted by Gasteiger charge is 2.16. The molecule has 3 nitrogen and oxygen atoms in total. The second kappa shape index (κ2) is 5.17. The zero-order valence-electron chi connectivity index (χ0n) is 9.19. The number of nitrogen functional groups attached to an aromatic ring is 1. The van der Waals surface area contributed by atoms with Gasteiger partial charge in [0, 0.05) is 29.8 Å². The molecule has 0 aliphatic carbocycles. The van der Waals surface area contributed by atoms with Crippen LogP contribution in [0.4, 0.5) is 5.69 Å². The Hall–Kier alpha value is -0.580. The zero-order valence-corrected chi connectivity index (χ0v) is 10.8. The summed E-state index contributed by atoms with van der Waals surface area (Å²) in [4.78, 5) is 2.36. The van der Waals surface area contributed by atoms with Crippen LogP contribution in [0.15, 0.2) is 22.7 Å². The van der Waals surface area contributed by atoms with Crippen molar-refractivity contribution in [3.63, 3.8) is 0 Å². The molecule has 1 aliphatic heterocycles. The van der Waals surface area contributed by atoms with Crippen LogP contribution in [-0.4, -0.2) is 29.2 Å². The largest absolute Gasteiger partial charge is 0.399 e. The van der Waals surface area contributed by atoms with Crippen LogP contribution in [0, 0.1) is 0 Å². The Balaban J connectivity index is 1.98. The van der Waals surface area contributed by atoms with Crippen molar-refractivity contribution >= 4 is 21.6 Å². The van der Waals surface area contributed by atoms with Gasteiger partial charge in [0.25, 0.3) is 0 Å². The van der Waals surface area contributed by atoms with Crippen LogP contribution in [0.3, 0.4) is 0 Å². The van der Waals surface area contributed by atoms with Crippen molar-refractivity contribution in [3.05, 3.63) is 28.2 Å². The minimum absolute atomic E-state index is 0.108. The van der Waals surface area contributed by atoms with Crippen LogP contribution in [-0.2, 0) is 6.54 Å². The topological polar surface area (TPSA) is 49.5 Å². The van der Waals surface area contributed by atoms with E-state index in [4.69, 9.17) is 5.73 Å². The predicted octanol–water partition coefficient (Wildman–Crippen LogP) is 1.99. The third kappa shape index (κ3) is 3.20. The van der Waals surface area contributed by atoms with Gasteiger partial charge in [0.15, 0.2) is 0 Å². The summed E-state index contributed by atoms with van der Waals surface area (Å²) in [6, 6.07) is 6.01. The fourth-order valence-electron chi connectivity index (χ4n) is 2.10. The third-order valence-corrected chi connectivity index (χ3v) is 3.40. The quantitative estimate of drug-likeness (QED) is 0.817. The Kier molecular flexibility index (Phi) is 3.84. The molecule has 0 amide bonds. The summed E-state index contributed by atoms with van der Waals surface area (Å²) in [6.07, 6.45) is 1.65. The number of nitrogens with zero attached hydrogens (tertiary/aromatic N) is 1. The van der Waals surface area contributed by atoms with E-state index in [1.807, 2.05) is 12.1 Å². The van der Waals surface area contributed by atoms with Gasteiger partial charge in [-0.2, -0.15) is 0 Å². The molecule has 1 fully saturated rings. The Morgan fingerprint density at radius 1 is 1.31 bits per heavy atom. The summed E-state index contributed by atoms with van der Waals surface area (Å²) in [6.45, 7) is 2.84. The molecule has 1 aliphatic rings. The van der Waals surface area contributed by atoms with Crippen LogP contribution in [0.25, 0.3) is 0 Å². The monoisotopic (exact) mass is 284 g/mol. The van der Waals surface area contributed by atoms with Gasteiger partial charge in [0.2, 0.25) is 0 Å². The van der Waals surface area contributed by atoms with Gasteiger partial charge in [-0.3, -0.25) is 4.90 Å². The molecule has 1 saturated heterocycles. The van der Waals surface area contributed by atoms with Gasteiger partial charge >= 0.3 is 0 Å². The Bertz CT molecular complexity index is 342. The van der Waals surface area contributed by atoms with Crippen LogP contribution in [0.1, 0.15) is 18.4 Å². The average molecular weight is 285 g/mol. The van der Waals surface area contributed by atoms with Gasteiger partial charge in [-0.05, 0) is 36.6 Å². The molecule has 1 aromatic carbocycles. The lowest BCUT2D eigenvalue weighted by Gasteiger charge is -2.29. The third-order valence-electron chi connectivity index (χ3n) is 2.94. The summed E-state index contributed by atoms with van der Waals surface area (Å²) in [7, 11) is 0. The SMILES string of the molecule is Nc1cc(Br)cc(CN2CCC(O)CC2)c1. The highest BCUT2D eigenvalue weighted by atomic mass is 79.9. The van der Waals surface area contributed by atoms with E-state index in [0.29, 0.717) is 0 Å². The molecule has 2 rings (SSSR count). The first kappa shape index (κ1) is 11.9. The lowest BCUT2D eigenvalue weighted by atomic mass is 10.1. The number of hydrogen-bond donors (Lipinski definition) is 2. The second-order valence-corrected chi connectivity index (χ2v) is 5.32. The number of halogens is 1. The van der Waals surface area contributed by atoms with Gasteiger partial charge in [-0.15, -0.1) is 0 Å². The maximum Gasteiger partial charge on any atom is 0.0564 e. The van der Waals surface area contributed by atoms with Gasteiger partial charge in [0.05, 0.1) is 6.10 Å². The average Bonchev–Trinajstić information content (AvgIpc) is 2.20. The number of aliphatic hydroxyl groups excluding tert-OH is 1. The predicted molar refractivity (Wildman–Crippen MR) is 69.1 cm³/mol. The van der Waals surface area contributed by atoms with Crippen molar-refractivity contribution in [2.24, 2.45) is 0 Å². The molecule has 0 radical (unpaired) electrons. The standard InChI is InChI=1S/C12H17BrN2O/c13-10-5-9(6-11(14)7-10)8-15-3-1-12(16)2-4-15/h5-7,12,16H,1-4,8,14H2. The number of benzene rings is 1. The molecule has 1 aromatic rings. The lowest BCUT2D eigenvalue weighted by Crippen LogP contribution is -2.35. The molecule has 0 aromatic heterocycles. The fourth-order valence-corrected chi connectivity index (χ4v) is 2.66. The van der Waals surface area contributed by atoms with E-state index in [1.165, 1.54) is 5.56 Å². The molecule has 3 N–H and O–H groups in total. The van der Waals surface area contributed by atoms with E-state index in [0.717, 1.165) is 42.6 Å². The Labute approximate surface area is 104 Å². The van der Waals surface area contributed by atoms with Crippen molar-refractivity contribution in [3.8, 4) is 0 Å². The van der Waals surface area contributed by atoms with Crippen LogP contribution in [0.2, 0.25) is 0 Å². The Morgan fingerprint density at radius 3 is 2.62 bits per heavy atom. The number of rotatable bonds is 2. The molecule has 16 heavy (non-hydrogen) atoms. The first-order chi connectivity index (χ1) is 7.63. The number of anilines is 1. The summed E-state index contributed by atoms with van der Waals surface area (Å²) >= 11 is 3.45. The molecule has 0 atom stereocenters. The van der Waals surface area contributed by atoms with Gasteiger partial charge in [-0.1, -0.05) is 15.9 Å². The van der Waals surface area contributed by atoms with Gasteiger partial charge in [-0.25, -0.2) is 0 Å². The highest BCUT2D eigenvalue weighted by molar-refractivity contribution is 9.10. The molecule has 0 bridgehead atoms. The first-order valence-corrected chi connectivity index (χ1v) is 6.38. The number of nitrogens with two attached hydrogens (primary N) is 1. The smallest absolute Gasteiger partial charge is 0.0564 e. The normalized spacial score (nSPS) is 18.9. The summed E-state index contributed by atoms with van der Waals surface area (Å²) < 4.78 is 1.03. The van der Waals surface area contributed by atoms with E-state index >= 15 is 0 Å². The molecule has 1 heterocycles. The van der Waals surface area contributed by atoms with E-state index in [9.17, 15) is 5.11 Å². The summed E-state index contributed by atoms with van der Waals surface area (Å²) in [5, 5.41) is 9.43. The molecular weight excluding hydrogens is 268 g/mol. The lowest BCUT2D eigenvalue weighted by molar-refractivity contribution is 0.0792. The molecule has 0 unspecified atom stereocenters. The minimum atomic E-state index is -0.108. The van der Waals surface area contributed by atoms with Crippen LogP contribution >= 0.6 is 15.9 Å². The molecule has 4 heteroatoms. The Morgan fingerprint density at radius 2 is 2.00 bits per heavy atom. The fraction of sp³-hybridized carbons (Fsp3) is 0.500. The van der Waals surface area contributed by atoms with Gasteiger partial charge in [0.1, 0.15) is 0 Å².